The fourth-order valence-corrected chi connectivity index (χ4v) is 3.95. The van der Waals surface area contributed by atoms with Crippen LogP contribution >= 0.6 is 0 Å². The van der Waals surface area contributed by atoms with Crippen LogP contribution in [0, 0.1) is 11.3 Å². The highest BCUT2D eigenvalue weighted by Crippen LogP contribution is 2.32. The first-order valence-electron chi connectivity index (χ1n) is 10.7. The van der Waals surface area contributed by atoms with Crippen molar-refractivity contribution >= 4 is 34.5 Å². The quantitative estimate of drug-likeness (QED) is 0.330. The van der Waals surface area contributed by atoms with Crippen molar-refractivity contribution in [3.05, 3.63) is 113 Å². The SMILES string of the molecule is N#Cc1ccccc1COc1ccc2ccccc2c1C=C1NC(=O)N(c2ccccc2)C1=O. The zero-order valence-corrected chi connectivity index (χ0v) is 18.1. The van der Waals surface area contributed by atoms with Crippen molar-refractivity contribution in [2.45, 2.75) is 6.61 Å². The Bertz CT molecular complexity index is 1490. The van der Waals surface area contributed by atoms with Crippen molar-refractivity contribution in [2.75, 3.05) is 4.90 Å². The number of hydrogen-bond acceptors (Lipinski definition) is 4. The van der Waals surface area contributed by atoms with Crippen LogP contribution in [0.25, 0.3) is 16.8 Å². The number of anilines is 1. The van der Waals surface area contributed by atoms with Crippen molar-refractivity contribution in [2.24, 2.45) is 0 Å². The number of ether oxygens (including phenoxy) is 1. The van der Waals surface area contributed by atoms with E-state index in [0.717, 1.165) is 21.2 Å². The Balaban J connectivity index is 1.55. The minimum absolute atomic E-state index is 0.160. The van der Waals surface area contributed by atoms with Crippen molar-refractivity contribution in [3.8, 4) is 11.8 Å². The van der Waals surface area contributed by atoms with Crippen molar-refractivity contribution in [1.29, 1.82) is 5.26 Å². The summed E-state index contributed by atoms with van der Waals surface area (Å²) in [4.78, 5) is 26.8. The van der Waals surface area contributed by atoms with Gasteiger partial charge in [0.1, 0.15) is 18.1 Å². The van der Waals surface area contributed by atoms with Gasteiger partial charge in [-0.25, -0.2) is 9.69 Å². The van der Waals surface area contributed by atoms with E-state index in [0.29, 0.717) is 22.6 Å². The fraction of sp³-hybridized carbons (Fsp3) is 0.0357. The molecule has 0 saturated carbocycles. The molecule has 4 aromatic carbocycles. The van der Waals surface area contributed by atoms with Gasteiger partial charge in [0.15, 0.2) is 0 Å². The maximum absolute atomic E-state index is 13.1. The highest BCUT2D eigenvalue weighted by molar-refractivity contribution is 6.28. The molecule has 6 nitrogen and oxygen atoms in total. The van der Waals surface area contributed by atoms with Gasteiger partial charge in [-0.3, -0.25) is 4.79 Å². The summed E-state index contributed by atoms with van der Waals surface area (Å²) < 4.78 is 6.12. The van der Waals surface area contributed by atoms with Gasteiger partial charge in [-0.2, -0.15) is 5.26 Å². The largest absolute Gasteiger partial charge is 0.488 e. The van der Waals surface area contributed by atoms with Gasteiger partial charge in [0.2, 0.25) is 0 Å². The van der Waals surface area contributed by atoms with Crippen LogP contribution in [0.2, 0.25) is 0 Å². The molecule has 1 saturated heterocycles. The first kappa shape index (κ1) is 21.0. The smallest absolute Gasteiger partial charge is 0.333 e. The Labute approximate surface area is 196 Å². The van der Waals surface area contributed by atoms with E-state index in [9.17, 15) is 14.9 Å². The highest BCUT2D eigenvalue weighted by atomic mass is 16.5. The van der Waals surface area contributed by atoms with E-state index >= 15 is 0 Å². The van der Waals surface area contributed by atoms with E-state index in [1.165, 1.54) is 0 Å². The van der Waals surface area contributed by atoms with E-state index in [1.54, 1.807) is 42.5 Å². The summed E-state index contributed by atoms with van der Waals surface area (Å²) in [7, 11) is 0. The third kappa shape index (κ3) is 3.87. The second-order valence-corrected chi connectivity index (χ2v) is 7.72. The lowest BCUT2D eigenvalue weighted by Crippen LogP contribution is -2.30. The Morgan fingerprint density at radius 2 is 1.62 bits per heavy atom. The molecular formula is C28H19N3O3. The molecule has 4 aromatic rings. The molecule has 1 fully saturated rings. The highest BCUT2D eigenvalue weighted by Gasteiger charge is 2.35. The molecule has 34 heavy (non-hydrogen) atoms. The molecule has 6 heteroatoms. The Hall–Kier alpha value is -4.89. The van der Waals surface area contributed by atoms with Crippen LogP contribution in [0.4, 0.5) is 10.5 Å². The molecule has 1 aliphatic rings. The summed E-state index contributed by atoms with van der Waals surface area (Å²) in [6, 6.07) is 29.2. The molecule has 164 valence electrons. The molecule has 0 unspecified atom stereocenters. The summed E-state index contributed by atoms with van der Waals surface area (Å²) >= 11 is 0. The predicted octanol–water partition coefficient (Wildman–Crippen LogP) is 5.39. The third-order valence-corrected chi connectivity index (χ3v) is 5.63. The summed E-state index contributed by atoms with van der Waals surface area (Å²) in [6.45, 7) is 0.189. The zero-order chi connectivity index (χ0) is 23.5. The molecule has 3 amide bonds. The number of hydrogen-bond donors (Lipinski definition) is 1. The van der Waals surface area contributed by atoms with Gasteiger partial charge >= 0.3 is 6.03 Å². The lowest BCUT2D eigenvalue weighted by molar-refractivity contribution is -0.113. The first-order valence-corrected chi connectivity index (χ1v) is 10.7. The maximum atomic E-state index is 13.1. The normalized spacial score (nSPS) is 14.3. The van der Waals surface area contributed by atoms with E-state index in [4.69, 9.17) is 4.74 Å². The van der Waals surface area contributed by atoms with Gasteiger partial charge in [-0.1, -0.05) is 66.7 Å². The Kier molecular flexibility index (Phi) is 5.51. The number of nitrogens with one attached hydrogen (secondary N) is 1. The number of benzene rings is 4. The summed E-state index contributed by atoms with van der Waals surface area (Å²) in [5.74, 6) is 0.101. The van der Waals surface area contributed by atoms with Crippen molar-refractivity contribution in [1.82, 2.24) is 5.32 Å². The number of carbonyl (C=O) groups excluding carboxylic acids is 2. The minimum atomic E-state index is -0.506. The third-order valence-electron chi connectivity index (χ3n) is 5.63. The summed E-state index contributed by atoms with van der Waals surface area (Å²) in [6.07, 6.45) is 1.65. The standard InChI is InChI=1S/C28H19N3O3/c29-17-20-9-4-5-10-21(20)18-34-26-15-14-19-8-6-7-13-23(19)24(26)16-25-27(32)31(28(33)30-25)22-11-2-1-3-12-22/h1-16H,18H2,(H,30,33). The number of imide groups is 1. The van der Waals surface area contributed by atoms with Crippen LogP contribution in [0.1, 0.15) is 16.7 Å². The van der Waals surface area contributed by atoms with E-state index in [1.807, 2.05) is 54.6 Å². The minimum Gasteiger partial charge on any atom is -0.488 e. The van der Waals surface area contributed by atoms with Crippen LogP contribution in [0.3, 0.4) is 0 Å². The number of urea groups is 1. The summed E-state index contributed by atoms with van der Waals surface area (Å²) in [5.41, 5.74) is 2.63. The maximum Gasteiger partial charge on any atom is 0.333 e. The number of amides is 3. The molecule has 0 aromatic heterocycles. The van der Waals surface area contributed by atoms with E-state index in [-0.39, 0.29) is 12.3 Å². The molecule has 0 atom stereocenters. The second kappa shape index (κ2) is 8.93. The molecule has 5 rings (SSSR count). The number of nitrogens with zero attached hydrogens (tertiary/aromatic N) is 2. The van der Waals surface area contributed by atoms with Crippen molar-refractivity contribution < 1.29 is 14.3 Å². The second-order valence-electron chi connectivity index (χ2n) is 7.72. The van der Waals surface area contributed by atoms with Crippen LogP contribution in [-0.4, -0.2) is 11.9 Å². The molecule has 1 heterocycles. The summed E-state index contributed by atoms with van der Waals surface area (Å²) in [5, 5.41) is 13.9. The first-order chi connectivity index (χ1) is 16.7. The number of para-hydroxylation sites is 1. The van der Waals surface area contributed by atoms with Gasteiger partial charge in [-0.15, -0.1) is 0 Å². The molecule has 0 bridgehead atoms. The molecule has 0 radical (unpaired) electrons. The van der Waals surface area contributed by atoms with Crippen LogP contribution in [0.15, 0.2) is 96.7 Å². The number of nitriles is 1. The predicted molar refractivity (Wildman–Crippen MR) is 130 cm³/mol. The number of carbonyl (C=O) groups is 2. The topological polar surface area (TPSA) is 82.4 Å². The van der Waals surface area contributed by atoms with Crippen molar-refractivity contribution in [3.63, 3.8) is 0 Å². The molecular weight excluding hydrogens is 426 g/mol. The number of rotatable bonds is 5. The van der Waals surface area contributed by atoms with Crippen LogP contribution < -0.4 is 15.0 Å². The van der Waals surface area contributed by atoms with Gasteiger partial charge in [0.25, 0.3) is 5.91 Å². The zero-order valence-electron chi connectivity index (χ0n) is 18.1. The van der Waals surface area contributed by atoms with Gasteiger partial charge < -0.3 is 10.1 Å². The Morgan fingerprint density at radius 1 is 0.882 bits per heavy atom. The monoisotopic (exact) mass is 445 g/mol. The number of fused-ring (bicyclic) bond motifs is 1. The van der Waals surface area contributed by atoms with Crippen LogP contribution in [-0.2, 0) is 11.4 Å². The lowest BCUT2D eigenvalue weighted by atomic mass is 10.0. The molecule has 0 spiro atoms. The van der Waals surface area contributed by atoms with E-state index < -0.39 is 11.9 Å². The molecule has 1 aliphatic heterocycles. The van der Waals surface area contributed by atoms with E-state index in [2.05, 4.69) is 11.4 Å². The van der Waals surface area contributed by atoms with Gasteiger partial charge in [0.05, 0.1) is 17.3 Å². The van der Waals surface area contributed by atoms with Crippen LogP contribution in [0.5, 0.6) is 5.75 Å². The average Bonchev–Trinajstić information content (AvgIpc) is 3.16. The molecule has 1 N–H and O–H groups in total. The van der Waals surface area contributed by atoms with Gasteiger partial charge in [0, 0.05) is 11.1 Å². The molecule has 0 aliphatic carbocycles. The fourth-order valence-electron chi connectivity index (χ4n) is 3.95. The lowest BCUT2D eigenvalue weighted by Gasteiger charge is -2.13. The average molecular weight is 445 g/mol. The Morgan fingerprint density at radius 3 is 2.44 bits per heavy atom. The van der Waals surface area contributed by atoms with Gasteiger partial charge in [-0.05, 0) is 41.1 Å².